The third-order valence-corrected chi connectivity index (χ3v) is 2.22. The zero-order valence-electron chi connectivity index (χ0n) is 9.77. The average Bonchev–Trinajstić information content (AvgIpc) is 2.26. The Labute approximate surface area is 105 Å². The van der Waals surface area contributed by atoms with E-state index in [1.54, 1.807) is 32.0 Å². The van der Waals surface area contributed by atoms with Gasteiger partial charge in [0.2, 0.25) is 0 Å². The van der Waals surface area contributed by atoms with E-state index in [9.17, 15) is 4.79 Å². The molecule has 0 aliphatic rings. The van der Waals surface area contributed by atoms with Crippen LogP contribution in [0.25, 0.3) is 0 Å². The van der Waals surface area contributed by atoms with Gasteiger partial charge in [-0.25, -0.2) is 4.79 Å². The fourth-order valence-electron chi connectivity index (χ4n) is 1.27. The lowest BCUT2D eigenvalue weighted by atomic mass is 10.2. The SMILES string of the molecule is CC(C)OC(=O)COc1c(Cl)cccc1CO. The summed E-state index contributed by atoms with van der Waals surface area (Å²) in [5.41, 5.74) is 0.537. The minimum Gasteiger partial charge on any atom is -0.480 e. The summed E-state index contributed by atoms with van der Waals surface area (Å²) >= 11 is 5.91. The van der Waals surface area contributed by atoms with Crippen molar-refractivity contribution in [1.29, 1.82) is 0 Å². The predicted molar refractivity (Wildman–Crippen MR) is 64.1 cm³/mol. The molecule has 94 valence electrons. The number of benzene rings is 1. The number of aliphatic hydroxyl groups excluding tert-OH is 1. The van der Waals surface area contributed by atoms with Crippen molar-refractivity contribution < 1.29 is 19.4 Å². The summed E-state index contributed by atoms with van der Waals surface area (Å²) in [5.74, 6) is -0.152. The smallest absolute Gasteiger partial charge is 0.344 e. The first-order valence-corrected chi connectivity index (χ1v) is 5.63. The van der Waals surface area contributed by atoms with Gasteiger partial charge in [-0.3, -0.25) is 0 Å². The number of hydrogen-bond donors (Lipinski definition) is 1. The fourth-order valence-corrected chi connectivity index (χ4v) is 1.52. The van der Waals surface area contributed by atoms with Gasteiger partial charge < -0.3 is 14.6 Å². The highest BCUT2D eigenvalue weighted by atomic mass is 35.5. The zero-order valence-corrected chi connectivity index (χ0v) is 10.5. The van der Waals surface area contributed by atoms with Crippen molar-refractivity contribution in [2.75, 3.05) is 6.61 Å². The van der Waals surface area contributed by atoms with Gasteiger partial charge in [0.15, 0.2) is 6.61 Å². The highest BCUT2D eigenvalue weighted by molar-refractivity contribution is 6.32. The Balaban J connectivity index is 2.65. The molecule has 0 radical (unpaired) electrons. The standard InChI is InChI=1S/C12H15ClO4/c1-8(2)17-11(15)7-16-12-9(6-14)4-3-5-10(12)13/h3-5,8,14H,6-7H2,1-2H3. The molecule has 0 atom stereocenters. The highest BCUT2D eigenvalue weighted by Crippen LogP contribution is 2.28. The Morgan fingerprint density at radius 2 is 2.18 bits per heavy atom. The van der Waals surface area contributed by atoms with Crippen molar-refractivity contribution in [1.82, 2.24) is 0 Å². The number of hydrogen-bond acceptors (Lipinski definition) is 4. The van der Waals surface area contributed by atoms with Crippen LogP contribution >= 0.6 is 11.6 Å². The number of aliphatic hydroxyl groups is 1. The Kier molecular flexibility index (Phi) is 5.25. The topological polar surface area (TPSA) is 55.8 Å². The number of esters is 1. The summed E-state index contributed by atoms with van der Waals surface area (Å²) in [6.07, 6.45) is -0.186. The van der Waals surface area contributed by atoms with Crippen LogP contribution in [0.1, 0.15) is 19.4 Å². The Hall–Kier alpha value is -1.26. The van der Waals surface area contributed by atoms with Crippen molar-refractivity contribution in [2.24, 2.45) is 0 Å². The van der Waals surface area contributed by atoms with Crippen LogP contribution in [-0.4, -0.2) is 23.8 Å². The molecule has 0 fully saturated rings. The summed E-state index contributed by atoms with van der Waals surface area (Å²) in [5, 5.41) is 9.45. The van der Waals surface area contributed by atoms with Gasteiger partial charge >= 0.3 is 5.97 Å². The zero-order chi connectivity index (χ0) is 12.8. The van der Waals surface area contributed by atoms with Crippen molar-refractivity contribution in [3.8, 4) is 5.75 Å². The lowest BCUT2D eigenvalue weighted by molar-refractivity contribution is -0.149. The monoisotopic (exact) mass is 258 g/mol. The quantitative estimate of drug-likeness (QED) is 0.823. The summed E-state index contributed by atoms with van der Waals surface area (Å²) < 4.78 is 10.2. The summed E-state index contributed by atoms with van der Waals surface area (Å²) in [6, 6.07) is 5.01. The van der Waals surface area contributed by atoms with Crippen LogP contribution in [0.15, 0.2) is 18.2 Å². The number of carbonyl (C=O) groups is 1. The summed E-state index contributed by atoms with van der Waals surface area (Å²) in [4.78, 5) is 11.3. The van der Waals surface area contributed by atoms with E-state index in [1.165, 1.54) is 0 Å². The van der Waals surface area contributed by atoms with Gasteiger partial charge in [-0.1, -0.05) is 23.7 Å². The van der Waals surface area contributed by atoms with E-state index in [-0.39, 0.29) is 19.3 Å². The Morgan fingerprint density at radius 1 is 1.47 bits per heavy atom. The normalized spacial score (nSPS) is 10.4. The molecule has 1 aromatic rings. The molecular formula is C12H15ClO4. The Morgan fingerprint density at radius 3 is 2.76 bits per heavy atom. The molecule has 0 aliphatic carbocycles. The number of halogens is 1. The van der Waals surface area contributed by atoms with Crippen molar-refractivity contribution in [3.63, 3.8) is 0 Å². The second-order valence-electron chi connectivity index (χ2n) is 3.71. The molecule has 1 rings (SSSR count). The second kappa shape index (κ2) is 6.47. The number of ether oxygens (including phenoxy) is 2. The molecule has 17 heavy (non-hydrogen) atoms. The maximum absolute atomic E-state index is 11.3. The van der Waals surface area contributed by atoms with Crippen LogP contribution in [0.2, 0.25) is 5.02 Å². The highest BCUT2D eigenvalue weighted by Gasteiger charge is 2.11. The van der Waals surface area contributed by atoms with Crippen molar-refractivity contribution in [3.05, 3.63) is 28.8 Å². The maximum Gasteiger partial charge on any atom is 0.344 e. The predicted octanol–water partition coefficient (Wildman–Crippen LogP) is 2.16. The van der Waals surface area contributed by atoms with Crippen molar-refractivity contribution >= 4 is 17.6 Å². The molecule has 0 saturated carbocycles. The number of para-hydroxylation sites is 1. The lowest BCUT2D eigenvalue weighted by Gasteiger charge is -2.12. The molecule has 0 amide bonds. The summed E-state index contributed by atoms with van der Waals surface area (Å²) in [6.45, 7) is 3.09. The van der Waals surface area contributed by atoms with Gasteiger partial charge in [0.25, 0.3) is 0 Å². The molecule has 0 heterocycles. The molecule has 4 nitrogen and oxygen atoms in total. The van der Waals surface area contributed by atoms with E-state index in [1.807, 2.05) is 0 Å². The van der Waals surface area contributed by atoms with Crippen LogP contribution in [0.4, 0.5) is 0 Å². The number of rotatable bonds is 5. The van der Waals surface area contributed by atoms with E-state index in [0.29, 0.717) is 16.3 Å². The first-order chi connectivity index (χ1) is 8.04. The van der Waals surface area contributed by atoms with Gasteiger partial charge in [-0.2, -0.15) is 0 Å². The third-order valence-electron chi connectivity index (χ3n) is 1.92. The maximum atomic E-state index is 11.3. The van der Waals surface area contributed by atoms with Gasteiger partial charge in [-0.15, -0.1) is 0 Å². The molecule has 0 aromatic heterocycles. The van der Waals surface area contributed by atoms with E-state index in [0.717, 1.165) is 0 Å². The molecule has 0 unspecified atom stereocenters. The van der Waals surface area contributed by atoms with Gasteiger partial charge in [0.05, 0.1) is 17.7 Å². The largest absolute Gasteiger partial charge is 0.480 e. The van der Waals surface area contributed by atoms with Crippen LogP contribution in [0.3, 0.4) is 0 Å². The van der Waals surface area contributed by atoms with Gasteiger partial charge in [0, 0.05) is 5.56 Å². The van der Waals surface area contributed by atoms with Crippen LogP contribution in [-0.2, 0) is 16.1 Å². The first kappa shape index (κ1) is 13.8. The molecular weight excluding hydrogens is 244 g/mol. The Bertz CT molecular complexity index is 390. The van der Waals surface area contributed by atoms with Crippen LogP contribution in [0, 0.1) is 0 Å². The van der Waals surface area contributed by atoms with Crippen LogP contribution < -0.4 is 4.74 Å². The fraction of sp³-hybridized carbons (Fsp3) is 0.417. The molecule has 0 bridgehead atoms. The second-order valence-corrected chi connectivity index (χ2v) is 4.12. The lowest BCUT2D eigenvalue weighted by Crippen LogP contribution is -2.19. The van der Waals surface area contributed by atoms with Crippen LogP contribution in [0.5, 0.6) is 5.75 Å². The summed E-state index contributed by atoms with van der Waals surface area (Å²) in [7, 11) is 0. The molecule has 0 aliphatic heterocycles. The molecule has 1 N–H and O–H groups in total. The van der Waals surface area contributed by atoms with E-state index >= 15 is 0 Å². The molecule has 5 heteroatoms. The number of carbonyl (C=O) groups excluding carboxylic acids is 1. The van der Waals surface area contributed by atoms with E-state index < -0.39 is 5.97 Å². The minimum atomic E-state index is -0.469. The first-order valence-electron chi connectivity index (χ1n) is 5.25. The molecule has 0 spiro atoms. The van der Waals surface area contributed by atoms with Crippen molar-refractivity contribution in [2.45, 2.75) is 26.6 Å². The average molecular weight is 259 g/mol. The molecule has 1 aromatic carbocycles. The van der Waals surface area contributed by atoms with Gasteiger partial charge in [0.1, 0.15) is 5.75 Å². The van der Waals surface area contributed by atoms with E-state index in [4.69, 9.17) is 26.2 Å². The van der Waals surface area contributed by atoms with E-state index in [2.05, 4.69) is 0 Å². The minimum absolute atomic E-state index is 0.186. The third kappa shape index (κ3) is 4.24. The molecule has 0 saturated heterocycles. The van der Waals surface area contributed by atoms with Gasteiger partial charge in [-0.05, 0) is 19.9 Å².